The van der Waals surface area contributed by atoms with Crippen LogP contribution in [0.2, 0.25) is 0 Å². The monoisotopic (exact) mass is 272 g/mol. The summed E-state index contributed by atoms with van der Waals surface area (Å²) >= 11 is 0. The normalized spacial score (nSPS) is 10.1. The van der Waals surface area contributed by atoms with Crippen molar-refractivity contribution in [1.29, 1.82) is 0 Å². The van der Waals surface area contributed by atoms with Crippen LogP contribution < -0.4 is 10.9 Å². The van der Waals surface area contributed by atoms with Crippen LogP contribution >= 0.6 is 0 Å². The number of hydrogen-bond donors (Lipinski definition) is 1. The van der Waals surface area contributed by atoms with E-state index < -0.39 is 6.09 Å². The molecule has 0 aliphatic heterocycles. The first kappa shape index (κ1) is 13.9. The van der Waals surface area contributed by atoms with Gasteiger partial charge in [0.2, 0.25) is 0 Å². The number of carbonyl (C=O) groups is 1. The van der Waals surface area contributed by atoms with E-state index in [1.807, 2.05) is 30.3 Å². The zero-order valence-electron chi connectivity index (χ0n) is 11.2. The molecule has 1 N–H and O–H groups in total. The van der Waals surface area contributed by atoms with Gasteiger partial charge in [0.25, 0.3) is 5.56 Å². The molecular formula is C15H16N2O3. The van der Waals surface area contributed by atoms with E-state index in [-0.39, 0.29) is 18.7 Å². The maximum absolute atomic E-state index is 11.7. The Morgan fingerprint density at radius 3 is 2.70 bits per heavy atom. The summed E-state index contributed by atoms with van der Waals surface area (Å²) in [4.78, 5) is 23.3. The van der Waals surface area contributed by atoms with Gasteiger partial charge in [-0.05, 0) is 11.6 Å². The molecule has 2 aromatic rings. The number of pyridine rings is 1. The summed E-state index contributed by atoms with van der Waals surface area (Å²) < 4.78 is 6.53. The van der Waals surface area contributed by atoms with Crippen LogP contribution in [-0.2, 0) is 24.9 Å². The molecule has 1 aromatic carbocycles. The van der Waals surface area contributed by atoms with E-state index in [4.69, 9.17) is 4.74 Å². The van der Waals surface area contributed by atoms with Gasteiger partial charge >= 0.3 is 6.09 Å². The van der Waals surface area contributed by atoms with Crippen molar-refractivity contribution in [3.63, 3.8) is 0 Å². The lowest BCUT2D eigenvalue weighted by Gasteiger charge is -2.07. The maximum atomic E-state index is 11.7. The van der Waals surface area contributed by atoms with Crippen LogP contribution in [0.4, 0.5) is 4.79 Å². The van der Waals surface area contributed by atoms with Crippen molar-refractivity contribution in [2.75, 3.05) is 0 Å². The molecule has 0 unspecified atom stereocenters. The first-order valence-electron chi connectivity index (χ1n) is 6.26. The molecule has 0 aliphatic carbocycles. The molecule has 20 heavy (non-hydrogen) atoms. The number of alkyl carbamates (subject to hydrolysis) is 1. The molecule has 1 amide bonds. The average molecular weight is 272 g/mol. The summed E-state index contributed by atoms with van der Waals surface area (Å²) in [5.41, 5.74) is 1.31. The quantitative estimate of drug-likeness (QED) is 0.923. The molecule has 5 nitrogen and oxygen atoms in total. The van der Waals surface area contributed by atoms with Gasteiger partial charge in [-0.1, -0.05) is 36.4 Å². The van der Waals surface area contributed by atoms with Gasteiger partial charge in [-0.25, -0.2) is 4.79 Å². The van der Waals surface area contributed by atoms with Crippen LogP contribution in [0, 0.1) is 0 Å². The van der Waals surface area contributed by atoms with Crippen molar-refractivity contribution >= 4 is 6.09 Å². The van der Waals surface area contributed by atoms with Crippen LogP contribution in [0.15, 0.2) is 53.5 Å². The summed E-state index contributed by atoms with van der Waals surface area (Å²) in [5.74, 6) is 0. The lowest BCUT2D eigenvalue weighted by atomic mass is 10.2. The predicted octanol–water partition coefficient (Wildman–Crippen LogP) is 1.81. The van der Waals surface area contributed by atoms with Crippen LogP contribution in [0.3, 0.4) is 0 Å². The Kier molecular flexibility index (Phi) is 4.55. The Hall–Kier alpha value is -2.56. The number of ether oxygens (including phenoxy) is 1. The minimum absolute atomic E-state index is 0.129. The molecule has 0 saturated heterocycles. The molecule has 1 heterocycles. The summed E-state index contributed by atoms with van der Waals surface area (Å²) in [5, 5.41) is 2.56. The van der Waals surface area contributed by atoms with Crippen LogP contribution in [0.5, 0.6) is 0 Å². The predicted molar refractivity (Wildman–Crippen MR) is 75.1 cm³/mol. The number of aromatic nitrogens is 1. The molecule has 0 saturated carbocycles. The van der Waals surface area contributed by atoms with Gasteiger partial charge < -0.3 is 14.6 Å². The molecule has 1 aromatic heterocycles. The van der Waals surface area contributed by atoms with Gasteiger partial charge in [0.05, 0.1) is 6.54 Å². The second-order valence-electron chi connectivity index (χ2n) is 4.36. The third-order valence-corrected chi connectivity index (χ3v) is 2.84. The van der Waals surface area contributed by atoms with Crippen molar-refractivity contribution in [1.82, 2.24) is 9.88 Å². The largest absolute Gasteiger partial charge is 0.445 e. The number of rotatable bonds is 4. The van der Waals surface area contributed by atoms with Crippen LogP contribution in [0.25, 0.3) is 0 Å². The molecule has 0 aliphatic rings. The van der Waals surface area contributed by atoms with Crippen molar-refractivity contribution < 1.29 is 9.53 Å². The molecule has 2 rings (SSSR count). The fourth-order valence-corrected chi connectivity index (χ4v) is 1.73. The van der Waals surface area contributed by atoms with E-state index in [2.05, 4.69) is 5.32 Å². The number of nitrogens with zero attached hydrogens (tertiary/aromatic N) is 1. The summed E-state index contributed by atoms with van der Waals surface area (Å²) in [6.45, 7) is 0.362. The fourth-order valence-electron chi connectivity index (χ4n) is 1.73. The highest BCUT2D eigenvalue weighted by molar-refractivity contribution is 5.67. The Morgan fingerprint density at radius 1 is 1.20 bits per heavy atom. The topological polar surface area (TPSA) is 60.3 Å². The third kappa shape index (κ3) is 3.71. The fraction of sp³-hybridized carbons (Fsp3) is 0.200. The van der Waals surface area contributed by atoms with Crippen LogP contribution in [-0.4, -0.2) is 10.7 Å². The van der Waals surface area contributed by atoms with Crippen molar-refractivity contribution in [2.24, 2.45) is 7.05 Å². The van der Waals surface area contributed by atoms with Gasteiger partial charge in [0.1, 0.15) is 6.61 Å². The Morgan fingerprint density at radius 2 is 1.95 bits per heavy atom. The number of hydrogen-bond acceptors (Lipinski definition) is 3. The van der Waals surface area contributed by atoms with Gasteiger partial charge in [0, 0.05) is 18.8 Å². The SMILES string of the molecule is Cn1cccc(CNC(=O)OCc2ccccc2)c1=O. The van der Waals surface area contributed by atoms with E-state index in [0.717, 1.165) is 5.56 Å². The van der Waals surface area contributed by atoms with E-state index in [1.165, 1.54) is 4.57 Å². The first-order valence-corrected chi connectivity index (χ1v) is 6.26. The molecule has 0 radical (unpaired) electrons. The number of amides is 1. The van der Waals surface area contributed by atoms with Gasteiger partial charge in [0.15, 0.2) is 0 Å². The zero-order valence-corrected chi connectivity index (χ0v) is 11.2. The van der Waals surface area contributed by atoms with Crippen LogP contribution in [0.1, 0.15) is 11.1 Å². The standard InChI is InChI=1S/C15H16N2O3/c1-17-9-5-8-13(14(17)18)10-16-15(19)20-11-12-6-3-2-4-7-12/h2-9H,10-11H2,1H3,(H,16,19). The first-order chi connectivity index (χ1) is 9.66. The number of benzene rings is 1. The summed E-state index contributed by atoms with van der Waals surface area (Å²) in [7, 11) is 1.67. The molecular weight excluding hydrogens is 256 g/mol. The molecule has 5 heteroatoms. The molecule has 0 fully saturated rings. The van der Waals surface area contributed by atoms with Crippen molar-refractivity contribution in [3.05, 3.63) is 70.1 Å². The minimum Gasteiger partial charge on any atom is -0.445 e. The average Bonchev–Trinajstić information content (AvgIpc) is 2.48. The number of nitrogens with one attached hydrogen (secondary N) is 1. The Labute approximate surface area is 116 Å². The van der Waals surface area contributed by atoms with Crippen molar-refractivity contribution in [2.45, 2.75) is 13.2 Å². The number of aryl methyl sites for hydroxylation is 1. The van der Waals surface area contributed by atoms with Gasteiger partial charge in [-0.3, -0.25) is 4.79 Å². The zero-order chi connectivity index (χ0) is 14.4. The Balaban J connectivity index is 1.84. The Bertz CT molecular complexity index is 635. The third-order valence-electron chi connectivity index (χ3n) is 2.84. The molecule has 0 atom stereocenters. The second kappa shape index (κ2) is 6.56. The lowest BCUT2D eigenvalue weighted by Crippen LogP contribution is -2.29. The highest BCUT2D eigenvalue weighted by atomic mass is 16.5. The van der Waals surface area contributed by atoms with Gasteiger partial charge in [-0.15, -0.1) is 0 Å². The van der Waals surface area contributed by atoms with E-state index in [9.17, 15) is 9.59 Å². The lowest BCUT2D eigenvalue weighted by molar-refractivity contribution is 0.139. The van der Waals surface area contributed by atoms with Crippen molar-refractivity contribution in [3.8, 4) is 0 Å². The highest BCUT2D eigenvalue weighted by Crippen LogP contribution is 2.00. The summed E-state index contributed by atoms with van der Waals surface area (Å²) in [6.07, 6.45) is 1.12. The smallest absolute Gasteiger partial charge is 0.407 e. The molecule has 0 spiro atoms. The molecule has 104 valence electrons. The van der Waals surface area contributed by atoms with E-state index in [0.29, 0.717) is 5.56 Å². The molecule has 0 bridgehead atoms. The van der Waals surface area contributed by atoms with Gasteiger partial charge in [-0.2, -0.15) is 0 Å². The second-order valence-corrected chi connectivity index (χ2v) is 4.36. The summed E-state index contributed by atoms with van der Waals surface area (Å²) in [6, 6.07) is 12.8. The van der Waals surface area contributed by atoms with E-state index in [1.54, 1.807) is 25.4 Å². The minimum atomic E-state index is -0.542. The number of carbonyl (C=O) groups excluding carboxylic acids is 1. The maximum Gasteiger partial charge on any atom is 0.407 e. The van der Waals surface area contributed by atoms with E-state index >= 15 is 0 Å². The highest BCUT2D eigenvalue weighted by Gasteiger charge is 2.05.